The molecule has 2 saturated heterocycles. The van der Waals surface area contributed by atoms with Crippen LogP contribution in [0.4, 0.5) is 4.79 Å². The van der Waals surface area contributed by atoms with E-state index < -0.39 is 56.5 Å². The second-order valence-electron chi connectivity index (χ2n) is 13.6. The summed E-state index contributed by atoms with van der Waals surface area (Å²) in [6.45, 7) is 6.44. The minimum Gasteiger partial charge on any atom is -0.497 e. The number of amides is 1. The first-order valence-corrected chi connectivity index (χ1v) is 20.5. The van der Waals surface area contributed by atoms with Gasteiger partial charge in [0.15, 0.2) is 0 Å². The number of hydroxylamine groups is 1. The van der Waals surface area contributed by atoms with E-state index in [0.29, 0.717) is 44.2 Å². The summed E-state index contributed by atoms with van der Waals surface area (Å²) in [5, 5.41) is 13.9. The fraction of sp³-hybridized carbons (Fsp3) is 0.486. The maximum Gasteiger partial charge on any atom is 0.407 e. The van der Waals surface area contributed by atoms with Crippen molar-refractivity contribution < 1.29 is 60.1 Å². The lowest BCUT2D eigenvalue weighted by atomic mass is 10.0. The summed E-state index contributed by atoms with van der Waals surface area (Å²) >= 11 is 0. The first-order valence-electron chi connectivity index (χ1n) is 17.6. The highest BCUT2D eigenvalue weighted by Gasteiger charge is 2.35. The van der Waals surface area contributed by atoms with Crippen molar-refractivity contribution in [1.29, 1.82) is 0 Å². The molecule has 16 nitrogen and oxygen atoms in total. The van der Waals surface area contributed by atoms with Gasteiger partial charge in [0.25, 0.3) is 20.0 Å². The molecule has 304 valence electrons. The van der Waals surface area contributed by atoms with Crippen molar-refractivity contribution >= 4 is 26.1 Å². The second kappa shape index (κ2) is 20.4. The molecule has 3 N–H and O–H groups in total. The van der Waals surface area contributed by atoms with Crippen LogP contribution in [-0.2, 0) is 50.4 Å². The molecule has 0 spiro atoms. The molecule has 5 rings (SSSR count). The van der Waals surface area contributed by atoms with Crippen LogP contribution >= 0.6 is 0 Å². The SMILES string of the molecule is COc1ccc(S(=O)(=O)N(C[C@@H](O)[C@H](Cc2ccccc2)NC(=O)OC(C)(C)C)OC2CCOC2)cc1.COc1ccc(S(=O)(=O)NOC2CCOC2)cc1. The van der Waals surface area contributed by atoms with Crippen LogP contribution in [0.25, 0.3) is 0 Å². The van der Waals surface area contributed by atoms with Gasteiger partial charge in [-0.3, -0.25) is 9.68 Å². The Kier molecular flexibility index (Phi) is 16.2. The Morgan fingerprint density at radius 3 is 1.89 bits per heavy atom. The molecule has 0 radical (unpaired) electrons. The Labute approximate surface area is 323 Å². The lowest BCUT2D eigenvalue weighted by molar-refractivity contribution is -0.147. The van der Waals surface area contributed by atoms with E-state index in [-0.39, 0.29) is 28.9 Å². The molecule has 4 atom stereocenters. The van der Waals surface area contributed by atoms with Crippen LogP contribution in [0.3, 0.4) is 0 Å². The van der Waals surface area contributed by atoms with Gasteiger partial charge < -0.3 is 34.1 Å². The number of carbonyl (C=O) groups is 1. The molecule has 0 aliphatic carbocycles. The van der Waals surface area contributed by atoms with E-state index in [2.05, 4.69) is 10.2 Å². The Balaban J connectivity index is 0.000000311. The molecule has 0 saturated carbocycles. The number of nitrogens with one attached hydrogen (secondary N) is 2. The summed E-state index contributed by atoms with van der Waals surface area (Å²) in [6, 6.07) is 20.3. The van der Waals surface area contributed by atoms with Gasteiger partial charge in [0, 0.05) is 26.1 Å². The van der Waals surface area contributed by atoms with E-state index in [9.17, 15) is 26.7 Å². The molecule has 2 aliphatic heterocycles. The zero-order valence-electron chi connectivity index (χ0n) is 31.6. The minimum atomic E-state index is -4.18. The van der Waals surface area contributed by atoms with Crippen LogP contribution in [0, 0.1) is 0 Å². The highest BCUT2D eigenvalue weighted by atomic mass is 32.2. The molecule has 2 unspecified atom stereocenters. The zero-order chi connectivity index (χ0) is 40.1. The van der Waals surface area contributed by atoms with Crippen molar-refractivity contribution in [2.45, 2.75) is 79.8 Å². The average Bonchev–Trinajstić information content (AvgIpc) is 3.89. The zero-order valence-corrected chi connectivity index (χ0v) is 33.2. The number of aliphatic hydroxyl groups excluding tert-OH is 1. The van der Waals surface area contributed by atoms with Gasteiger partial charge in [-0.05, 0) is 81.3 Å². The van der Waals surface area contributed by atoms with Crippen LogP contribution in [0.15, 0.2) is 88.7 Å². The molecular formula is C37H51N3O13S2. The van der Waals surface area contributed by atoms with Crippen LogP contribution in [0.1, 0.15) is 39.2 Å². The lowest BCUT2D eigenvalue weighted by Gasteiger charge is -2.31. The summed E-state index contributed by atoms with van der Waals surface area (Å²) in [7, 11) is -4.83. The number of rotatable bonds is 16. The number of sulfonamides is 2. The number of hydrogen-bond acceptors (Lipinski definition) is 13. The molecular weight excluding hydrogens is 759 g/mol. The molecule has 3 aromatic rings. The topological polar surface area (TPSA) is 197 Å². The Morgan fingerprint density at radius 2 is 1.38 bits per heavy atom. The van der Waals surface area contributed by atoms with E-state index >= 15 is 0 Å². The minimum absolute atomic E-state index is 0.0286. The number of alkyl carbamates (subject to hydrolysis) is 1. The summed E-state index contributed by atoms with van der Waals surface area (Å²) in [6.07, 6.45) is -1.33. The van der Waals surface area contributed by atoms with E-state index in [1.165, 1.54) is 50.6 Å². The fourth-order valence-corrected chi connectivity index (χ4v) is 7.41. The van der Waals surface area contributed by atoms with Crippen molar-refractivity contribution in [3.05, 3.63) is 84.4 Å². The Morgan fingerprint density at radius 1 is 0.836 bits per heavy atom. The maximum absolute atomic E-state index is 13.5. The third-order valence-electron chi connectivity index (χ3n) is 8.16. The molecule has 0 bridgehead atoms. The maximum atomic E-state index is 13.5. The molecule has 1 amide bonds. The quantitative estimate of drug-likeness (QED) is 0.178. The second-order valence-corrected chi connectivity index (χ2v) is 17.1. The van der Waals surface area contributed by atoms with Gasteiger partial charge >= 0.3 is 6.09 Å². The third-order valence-corrected chi connectivity index (χ3v) is 11.0. The number of methoxy groups -OCH3 is 2. The first kappa shape index (κ1) is 43.9. The van der Waals surface area contributed by atoms with Gasteiger partial charge in [0.2, 0.25) is 0 Å². The van der Waals surface area contributed by atoms with E-state index in [1.54, 1.807) is 32.9 Å². The highest BCUT2D eigenvalue weighted by molar-refractivity contribution is 7.89. The summed E-state index contributed by atoms with van der Waals surface area (Å²) < 4.78 is 77.5. The van der Waals surface area contributed by atoms with Gasteiger partial charge in [0.1, 0.15) is 29.3 Å². The van der Waals surface area contributed by atoms with Crippen molar-refractivity contribution in [1.82, 2.24) is 14.7 Å². The lowest BCUT2D eigenvalue weighted by Crippen LogP contribution is -2.52. The molecule has 3 aromatic carbocycles. The number of nitrogens with zero attached hydrogens (tertiary/aromatic N) is 1. The summed E-state index contributed by atoms with van der Waals surface area (Å²) in [5.74, 6) is 1.10. The van der Waals surface area contributed by atoms with Gasteiger partial charge in [-0.2, -0.15) is 0 Å². The number of aliphatic hydroxyl groups is 1. The normalized spacial score (nSPS) is 18.5. The molecule has 2 fully saturated rings. The number of hydrogen-bond donors (Lipinski definition) is 3. The van der Waals surface area contributed by atoms with Crippen molar-refractivity contribution in [2.75, 3.05) is 47.2 Å². The predicted octanol–water partition coefficient (Wildman–Crippen LogP) is 3.60. The number of benzene rings is 3. The van der Waals surface area contributed by atoms with Gasteiger partial charge in [0.05, 0.1) is 55.9 Å². The Hall–Kier alpha value is -3.85. The van der Waals surface area contributed by atoms with Crippen LogP contribution in [0.5, 0.6) is 11.5 Å². The fourth-order valence-electron chi connectivity index (χ4n) is 5.26. The summed E-state index contributed by atoms with van der Waals surface area (Å²) in [5.41, 5.74) is 0.0963. The van der Waals surface area contributed by atoms with Crippen molar-refractivity contribution in [3.8, 4) is 11.5 Å². The largest absolute Gasteiger partial charge is 0.497 e. The van der Waals surface area contributed by atoms with Crippen LogP contribution in [0.2, 0.25) is 0 Å². The van der Waals surface area contributed by atoms with E-state index in [4.69, 9.17) is 33.4 Å². The Bertz CT molecular complexity index is 1830. The molecule has 55 heavy (non-hydrogen) atoms. The number of ether oxygens (including phenoxy) is 5. The van der Waals surface area contributed by atoms with Crippen molar-refractivity contribution in [2.24, 2.45) is 0 Å². The molecule has 2 heterocycles. The highest BCUT2D eigenvalue weighted by Crippen LogP contribution is 2.24. The number of carbonyl (C=O) groups excluding carboxylic acids is 1. The van der Waals surface area contributed by atoms with Gasteiger partial charge in [-0.25, -0.2) is 21.6 Å². The molecule has 18 heteroatoms. The van der Waals surface area contributed by atoms with Crippen LogP contribution < -0.4 is 19.7 Å². The average molecular weight is 810 g/mol. The third kappa shape index (κ3) is 14.0. The van der Waals surface area contributed by atoms with Crippen molar-refractivity contribution in [3.63, 3.8) is 0 Å². The molecule has 0 aromatic heterocycles. The monoisotopic (exact) mass is 809 g/mol. The van der Waals surface area contributed by atoms with E-state index in [1.807, 2.05) is 30.3 Å². The van der Waals surface area contributed by atoms with Gasteiger partial charge in [-0.15, -0.1) is 0 Å². The standard InChI is InChI=1S/C26H36N2O8S.C11H15NO5S/c1-26(2,3)35-25(30)27-23(16-19-8-6-5-7-9-19)24(29)17-28(36-21-14-15-34-18-21)37(31,32)22-12-10-20(33-4)11-13-22;1-15-9-2-4-11(5-3-9)18(13,14)12-17-10-6-7-16-8-10/h5-13,21,23-24,29H,14-18H2,1-4H3,(H,27,30);2-5,10,12H,6-8H2,1H3/t21?,23-,24+;/m0./s1. The van der Waals surface area contributed by atoms with E-state index in [0.717, 1.165) is 10.0 Å². The predicted molar refractivity (Wildman–Crippen MR) is 200 cm³/mol. The first-order chi connectivity index (χ1) is 26.1. The summed E-state index contributed by atoms with van der Waals surface area (Å²) in [4.78, 5) is 25.7. The van der Waals surface area contributed by atoms with Crippen LogP contribution in [-0.4, -0.2) is 110 Å². The molecule has 2 aliphatic rings. The smallest absolute Gasteiger partial charge is 0.407 e. The van der Waals surface area contributed by atoms with Gasteiger partial charge in [-0.1, -0.05) is 39.7 Å².